The summed E-state index contributed by atoms with van der Waals surface area (Å²) in [7, 11) is -1.27. The second-order valence-electron chi connectivity index (χ2n) is 6.39. The average Bonchev–Trinajstić information content (AvgIpc) is 2.98. The molecule has 1 N–H and O–H groups in total. The summed E-state index contributed by atoms with van der Waals surface area (Å²) in [4.78, 5) is 14.7. The number of carbonyl (C=O) groups is 1. The third-order valence-corrected chi connectivity index (χ3v) is 7.96. The van der Waals surface area contributed by atoms with E-state index in [1.54, 1.807) is 7.11 Å². The average molecular weight is 385 g/mol. The minimum atomic E-state index is -2.90. The largest absolute Gasteiger partial charge is 0.496 e. The van der Waals surface area contributed by atoms with Crippen LogP contribution in [0, 0.1) is 0 Å². The fourth-order valence-corrected chi connectivity index (χ4v) is 6.91. The lowest BCUT2D eigenvalue weighted by Gasteiger charge is -2.37. The summed E-state index contributed by atoms with van der Waals surface area (Å²) in [5.74, 6) is 1.61. The Morgan fingerprint density at radius 1 is 1.40 bits per heavy atom. The van der Waals surface area contributed by atoms with Gasteiger partial charge in [0.2, 0.25) is 5.91 Å². The van der Waals surface area contributed by atoms with E-state index in [-0.39, 0.29) is 28.7 Å². The number of sulfone groups is 1. The molecule has 1 amide bonds. The summed E-state index contributed by atoms with van der Waals surface area (Å²) in [5, 5.41) is 3.39. The molecular formula is C17H24N2O4S2. The van der Waals surface area contributed by atoms with Crippen LogP contribution in [0.3, 0.4) is 0 Å². The van der Waals surface area contributed by atoms with Crippen LogP contribution in [0.2, 0.25) is 0 Å². The van der Waals surface area contributed by atoms with E-state index < -0.39 is 9.84 Å². The van der Waals surface area contributed by atoms with Crippen molar-refractivity contribution >= 4 is 27.5 Å². The molecule has 8 heteroatoms. The van der Waals surface area contributed by atoms with Gasteiger partial charge in [0.15, 0.2) is 9.84 Å². The maximum Gasteiger partial charge on any atom is 0.233 e. The van der Waals surface area contributed by atoms with Crippen LogP contribution in [0.25, 0.3) is 0 Å². The fourth-order valence-electron chi connectivity index (χ4n) is 3.39. The molecule has 25 heavy (non-hydrogen) atoms. The number of piperazine rings is 1. The van der Waals surface area contributed by atoms with Gasteiger partial charge in [0.05, 0.1) is 30.4 Å². The Balaban J connectivity index is 1.67. The molecule has 0 spiro atoms. The molecule has 2 aliphatic heterocycles. The molecule has 2 aliphatic rings. The zero-order valence-electron chi connectivity index (χ0n) is 14.3. The zero-order chi connectivity index (χ0) is 17.9. The first kappa shape index (κ1) is 18.5. The van der Waals surface area contributed by atoms with Gasteiger partial charge >= 0.3 is 0 Å². The predicted molar refractivity (Wildman–Crippen MR) is 99.8 cm³/mol. The van der Waals surface area contributed by atoms with Gasteiger partial charge in [-0.1, -0.05) is 18.2 Å². The summed E-state index contributed by atoms with van der Waals surface area (Å²) >= 11 is 1.47. The van der Waals surface area contributed by atoms with Crippen LogP contribution in [-0.4, -0.2) is 68.5 Å². The van der Waals surface area contributed by atoms with Gasteiger partial charge in [0, 0.05) is 30.4 Å². The van der Waals surface area contributed by atoms with Crippen LogP contribution >= 0.6 is 11.8 Å². The van der Waals surface area contributed by atoms with Crippen LogP contribution in [0.5, 0.6) is 5.75 Å². The van der Waals surface area contributed by atoms with E-state index in [0.29, 0.717) is 25.3 Å². The minimum absolute atomic E-state index is 0.0431. The number of nitrogens with zero attached hydrogens (tertiary/aromatic N) is 1. The monoisotopic (exact) mass is 384 g/mol. The summed E-state index contributed by atoms with van der Waals surface area (Å²) in [6, 6.07) is 7.71. The molecule has 2 saturated heterocycles. The minimum Gasteiger partial charge on any atom is -0.496 e. The second kappa shape index (κ2) is 7.97. The van der Waals surface area contributed by atoms with Gasteiger partial charge in [-0.05, 0) is 12.5 Å². The normalized spacial score (nSPS) is 25.7. The van der Waals surface area contributed by atoms with E-state index in [0.717, 1.165) is 17.9 Å². The van der Waals surface area contributed by atoms with Crippen molar-refractivity contribution in [2.24, 2.45) is 0 Å². The quantitative estimate of drug-likeness (QED) is 0.819. The Morgan fingerprint density at radius 3 is 2.92 bits per heavy atom. The number of benzene rings is 1. The molecule has 2 fully saturated rings. The van der Waals surface area contributed by atoms with Crippen LogP contribution < -0.4 is 10.1 Å². The van der Waals surface area contributed by atoms with E-state index in [1.807, 2.05) is 29.2 Å². The number of methoxy groups -OCH3 is 1. The lowest BCUT2D eigenvalue weighted by atomic mass is 10.0. The van der Waals surface area contributed by atoms with Crippen molar-refractivity contribution in [3.63, 3.8) is 0 Å². The van der Waals surface area contributed by atoms with E-state index in [4.69, 9.17) is 4.74 Å². The highest BCUT2D eigenvalue weighted by Crippen LogP contribution is 2.31. The first-order chi connectivity index (χ1) is 12.0. The lowest BCUT2D eigenvalue weighted by molar-refractivity contribution is -0.131. The molecule has 3 rings (SSSR count). The van der Waals surface area contributed by atoms with Crippen molar-refractivity contribution in [2.75, 3.05) is 44.0 Å². The topological polar surface area (TPSA) is 75.7 Å². The van der Waals surface area contributed by atoms with Crippen LogP contribution in [-0.2, 0) is 14.6 Å². The van der Waals surface area contributed by atoms with Gasteiger partial charge in [-0.3, -0.25) is 4.79 Å². The van der Waals surface area contributed by atoms with Gasteiger partial charge in [-0.15, -0.1) is 11.8 Å². The second-order valence-corrected chi connectivity index (χ2v) is 9.90. The number of amides is 1. The fraction of sp³-hybridized carbons (Fsp3) is 0.588. The number of hydrogen-bond acceptors (Lipinski definition) is 6. The standard InChI is InChI=1S/C17H24N2O4S2/c1-23-16-5-3-2-4-14(16)15-10-18-7-8-19(15)17(20)11-24-13-6-9-25(21,22)12-13/h2-5,13,15,18H,6-12H2,1H3. The molecule has 138 valence electrons. The van der Waals surface area contributed by atoms with Crippen molar-refractivity contribution in [1.82, 2.24) is 10.2 Å². The molecule has 2 unspecified atom stereocenters. The molecule has 2 atom stereocenters. The molecular weight excluding hydrogens is 360 g/mol. The SMILES string of the molecule is COc1ccccc1C1CNCCN1C(=O)CSC1CCS(=O)(=O)C1. The van der Waals surface area contributed by atoms with E-state index in [9.17, 15) is 13.2 Å². The number of para-hydroxylation sites is 1. The highest BCUT2D eigenvalue weighted by atomic mass is 32.2. The van der Waals surface area contributed by atoms with Crippen molar-refractivity contribution in [3.8, 4) is 5.75 Å². The number of nitrogens with one attached hydrogen (secondary N) is 1. The van der Waals surface area contributed by atoms with E-state index in [2.05, 4.69) is 5.32 Å². The van der Waals surface area contributed by atoms with Crippen molar-refractivity contribution in [3.05, 3.63) is 29.8 Å². The molecule has 0 aromatic heterocycles. The van der Waals surface area contributed by atoms with Gasteiger partial charge in [-0.2, -0.15) is 0 Å². The first-order valence-corrected chi connectivity index (χ1v) is 11.3. The van der Waals surface area contributed by atoms with Crippen molar-refractivity contribution < 1.29 is 17.9 Å². The summed E-state index contributed by atoms with van der Waals surface area (Å²) in [6.45, 7) is 2.10. The summed E-state index contributed by atoms with van der Waals surface area (Å²) in [6.07, 6.45) is 0.651. The smallest absolute Gasteiger partial charge is 0.233 e. The predicted octanol–water partition coefficient (Wildman–Crippen LogP) is 1.09. The third-order valence-electron chi connectivity index (χ3n) is 4.69. The van der Waals surface area contributed by atoms with Crippen molar-refractivity contribution in [1.29, 1.82) is 0 Å². The highest BCUT2D eigenvalue weighted by Gasteiger charge is 2.32. The van der Waals surface area contributed by atoms with Gasteiger partial charge < -0.3 is 15.0 Å². The Bertz CT molecular complexity index is 723. The zero-order valence-corrected chi connectivity index (χ0v) is 15.9. The van der Waals surface area contributed by atoms with Crippen LogP contribution in [0.4, 0.5) is 0 Å². The molecule has 0 aliphatic carbocycles. The van der Waals surface area contributed by atoms with Gasteiger partial charge in [-0.25, -0.2) is 8.42 Å². The third kappa shape index (κ3) is 4.48. The van der Waals surface area contributed by atoms with Crippen molar-refractivity contribution in [2.45, 2.75) is 17.7 Å². The number of hydrogen-bond donors (Lipinski definition) is 1. The maximum atomic E-state index is 12.8. The number of carbonyl (C=O) groups excluding carboxylic acids is 1. The Kier molecular flexibility index (Phi) is 5.91. The Labute approximate surface area is 153 Å². The lowest BCUT2D eigenvalue weighted by Crippen LogP contribution is -2.49. The number of thioether (sulfide) groups is 1. The molecule has 0 radical (unpaired) electrons. The van der Waals surface area contributed by atoms with Gasteiger partial charge in [0.1, 0.15) is 5.75 Å². The molecule has 0 saturated carbocycles. The molecule has 1 aromatic rings. The maximum absolute atomic E-state index is 12.8. The Morgan fingerprint density at radius 2 is 2.20 bits per heavy atom. The number of rotatable bonds is 5. The molecule has 6 nitrogen and oxygen atoms in total. The molecule has 2 heterocycles. The number of ether oxygens (including phenoxy) is 1. The van der Waals surface area contributed by atoms with Gasteiger partial charge in [0.25, 0.3) is 0 Å². The summed E-state index contributed by atoms with van der Waals surface area (Å²) in [5.41, 5.74) is 0.999. The molecule has 1 aromatic carbocycles. The summed E-state index contributed by atoms with van der Waals surface area (Å²) < 4.78 is 28.6. The van der Waals surface area contributed by atoms with E-state index >= 15 is 0 Å². The first-order valence-electron chi connectivity index (χ1n) is 8.45. The van der Waals surface area contributed by atoms with Crippen LogP contribution in [0.1, 0.15) is 18.0 Å². The van der Waals surface area contributed by atoms with Crippen LogP contribution in [0.15, 0.2) is 24.3 Å². The van der Waals surface area contributed by atoms with E-state index in [1.165, 1.54) is 11.8 Å². The molecule has 0 bridgehead atoms. The Hall–Kier alpha value is -1.25. The highest BCUT2D eigenvalue weighted by molar-refractivity contribution is 8.02.